The van der Waals surface area contributed by atoms with E-state index in [1.807, 2.05) is 18.2 Å². The molecule has 0 amide bonds. The zero-order chi connectivity index (χ0) is 16.9. The van der Waals surface area contributed by atoms with E-state index < -0.39 is 5.97 Å². The van der Waals surface area contributed by atoms with Crippen LogP contribution in [0, 0.1) is 0 Å². The first-order valence-corrected chi connectivity index (χ1v) is 8.50. The average molecular weight is 346 g/mol. The first-order valence-electron chi connectivity index (χ1n) is 8.12. The minimum absolute atomic E-state index is 0.140. The van der Waals surface area contributed by atoms with Crippen LogP contribution in [0.5, 0.6) is 0 Å². The van der Waals surface area contributed by atoms with Crippen molar-refractivity contribution in [2.45, 2.75) is 31.6 Å². The Labute approximate surface area is 146 Å². The SMILES string of the molecule is COC(=O)c1nc(C2CC2)nc(NCCCc2ccccc2)c1Cl. The van der Waals surface area contributed by atoms with Gasteiger partial charge in [-0.15, -0.1) is 0 Å². The Balaban J connectivity index is 1.67. The van der Waals surface area contributed by atoms with Gasteiger partial charge in [0.1, 0.15) is 16.7 Å². The van der Waals surface area contributed by atoms with E-state index in [1.165, 1.54) is 12.7 Å². The molecule has 3 rings (SSSR count). The van der Waals surface area contributed by atoms with Gasteiger partial charge < -0.3 is 10.1 Å². The Morgan fingerprint density at radius 2 is 2.04 bits per heavy atom. The summed E-state index contributed by atoms with van der Waals surface area (Å²) in [6, 6.07) is 10.3. The lowest BCUT2D eigenvalue weighted by Gasteiger charge is -2.11. The maximum Gasteiger partial charge on any atom is 0.358 e. The molecule has 6 heteroatoms. The molecule has 24 heavy (non-hydrogen) atoms. The fourth-order valence-corrected chi connectivity index (χ4v) is 2.71. The zero-order valence-corrected chi connectivity index (χ0v) is 14.3. The first-order chi connectivity index (χ1) is 11.7. The molecule has 1 fully saturated rings. The van der Waals surface area contributed by atoms with Crippen molar-refractivity contribution < 1.29 is 9.53 Å². The number of carbonyl (C=O) groups excluding carboxylic acids is 1. The van der Waals surface area contributed by atoms with Crippen molar-refractivity contribution in [2.24, 2.45) is 0 Å². The van der Waals surface area contributed by atoms with Crippen LogP contribution in [-0.4, -0.2) is 29.6 Å². The second-order valence-corrected chi connectivity index (χ2v) is 6.25. The highest BCUT2D eigenvalue weighted by Crippen LogP contribution is 2.39. The molecule has 1 aliphatic rings. The van der Waals surface area contributed by atoms with Crippen molar-refractivity contribution >= 4 is 23.4 Å². The molecule has 5 nitrogen and oxygen atoms in total. The summed E-state index contributed by atoms with van der Waals surface area (Å²) in [7, 11) is 1.32. The lowest BCUT2D eigenvalue weighted by Crippen LogP contribution is -2.13. The monoisotopic (exact) mass is 345 g/mol. The molecule has 0 aliphatic heterocycles. The third-order valence-corrected chi connectivity index (χ3v) is 4.33. The molecule has 1 aromatic heterocycles. The number of methoxy groups -OCH3 is 1. The van der Waals surface area contributed by atoms with Gasteiger partial charge in [-0.3, -0.25) is 0 Å². The lowest BCUT2D eigenvalue weighted by molar-refractivity contribution is 0.0593. The number of halogens is 1. The highest BCUT2D eigenvalue weighted by Gasteiger charge is 2.30. The first kappa shape index (κ1) is 16.7. The predicted octanol–water partition coefficient (Wildman–Crippen LogP) is 3.84. The van der Waals surface area contributed by atoms with Crippen molar-refractivity contribution in [3.8, 4) is 0 Å². The van der Waals surface area contributed by atoms with Gasteiger partial charge in [-0.2, -0.15) is 0 Å². The maximum atomic E-state index is 11.9. The summed E-state index contributed by atoms with van der Waals surface area (Å²) in [6.07, 6.45) is 4.01. The standard InChI is InChI=1S/C18H20ClN3O2/c1-24-18(23)15-14(19)17(22-16(21-15)13-9-10-13)20-11-5-8-12-6-3-2-4-7-12/h2-4,6-7,13H,5,8-11H2,1H3,(H,20,21,22). The minimum atomic E-state index is -0.531. The van der Waals surface area contributed by atoms with E-state index in [2.05, 4.69) is 27.4 Å². The number of benzene rings is 1. The summed E-state index contributed by atoms with van der Waals surface area (Å²) < 4.78 is 4.77. The molecular formula is C18H20ClN3O2. The Hall–Kier alpha value is -2.14. The Bertz CT molecular complexity index is 718. The van der Waals surface area contributed by atoms with Crippen molar-refractivity contribution in [3.63, 3.8) is 0 Å². The number of anilines is 1. The summed E-state index contributed by atoms with van der Waals surface area (Å²) in [5, 5.41) is 3.46. The predicted molar refractivity (Wildman–Crippen MR) is 93.6 cm³/mol. The molecule has 1 aliphatic carbocycles. The number of hydrogen-bond acceptors (Lipinski definition) is 5. The number of aryl methyl sites for hydroxylation is 1. The topological polar surface area (TPSA) is 64.1 Å². The van der Waals surface area contributed by atoms with Crippen molar-refractivity contribution in [2.75, 3.05) is 19.0 Å². The largest absolute Gasteiger partial charge is 0.464 e. The van der Waals surface area contributed by atoms with E-state index in [0.29, 0.717) is 17.6 Å². The van der Waals surface area contributed by atoms with E-state index in [4.69, 9.17) is 16.3 Å². The Morgan fingerprint density at radius 1 is 1.29 bits per heavy atom. The van der Waals surface area contributed by atoms with Crippen molar-refractivity contribution in [3.05, 3.63) is 52.4 Å². The molecule has 126 valence electrons. The number of ether oxygens (including phenoxy) is 1. The van der Waals surface area contributed by atoms with Crippen LogP contribution in [0.1, 0.15) is 47.1 Å². The Morgan fingerprint density at radius 3 is 2.71 bits per heavy atom. The van der Waals surface area contributed by atoms with Crippen LogP contribution in [-0.2, 0) is 11.2 Å². The van der Waals surface area contributed by atoms with Crippen LogP contribution in [0.4, 0.5) is 5.82 Å². The van der Waals surface area contributed by atoms with Crippen LogP contribution in [0.25, 0.3) is 0 Å². The average Bonchev–Trinajstić information content (AvgIpc) is 3.45. The van der Waals surface area contributed by atoms with Crippen molar-refractivity contribution in [1.82, 2.24) is 9.97 Å². The molecule has 1 heterocycles. The van der Waals surface area contributed by atoms with Gasteiger partial charge in [-0.1, -0.05) is 41.9 Å². The highest BCUT2D eigenvalue weighted by atomic mass is 35.5. The number of rotatable bonds is 7. The number of carbonyl (C=O) groups is 1. The molecule has 0 atom stereocenters. The van der Waals surface area contributed by atoms with Crippen LogP contribution in [0.3, 0.4) is 0 Å². The van der Waals surface area contributed by atoms with Gasteiger partial charge in [-0.05, 0) is 31.2 Å². The van der Waals surface area contributed by atoms with Crippen LogP contribution in [0.2, 0.25) is 5.02 Å². The molecule has 0 spiro atoms. The fraction of sp³-hybridized carbons (Fsp3) is 0.389. The molecule has 0 unspecified atom stereocenters. The number of nitrogens with zero attached hydrogens (tertiary/aromatic N) is 2. The molecule has 0 saturated heterocycles. The second kappa shape index (κ2) is 7.62. The Kier molecular flexibility index (Phi) is 5.30. The summed E-state index contributed by atoms with van der Waals surface area (Å²) in [4.78, 5) is 20.7. The minimum Gasteiger partial charge on any atom is -0.464 e. The third kappa shape index (κ3) is 4.03. The summed E-state index contributed by atoms with van der Waals surface area (Å²) in [6.45, 7) is 0.719. The number of aromatic nitrogens is 2. The molecule has 1 aromatic carbocycles. The van der Waals surface area contributed by atoms with E-state index in [1.54, 1.807) is 0 Å². The van der Waals surface area contributed by atoms with E-state index >= 15 is 0 Å². The molecule has 0 bridgehead atoms. The molecular weight excluding hydrogens is 326 g/mol. The second-order valence-electron chi connectivity index (χ2n) is 5.87. The zero-order valence-electron chi connectivity index (χ0n) is 13.6. The molecule has 1 saturated carbocycles. The number of esters is 1. The van der Waals surface area contributed by atoms with Gasteiger partial charge in [-0.25, -0.2) is 14.8 Å². The summed E-state index contributed by atoms with van der Waals surface area (Å²) in [5.74, 6) is 0.986. The number of hydrogen-bond donors (Lipinski definition) is 1. The lowest BCUT2D eigenvalue weighted by atomic mass is 10.1. The summed E-state index contributed by atoms with van der Waals surface area (Å²) >= 11 is 6.29. The highest BCUT2D eigenvalue weighted by molar-refractivity contribution is 6.35. The number of nitrogens with one attached hydrogen (secondary N) is 1. The van der Waals surface area contributed by atoms with Gasteiger partial charge in [0.2, 0.25) is 0 Å². The van der Waals surface area contributed by atoms with Gasteiger partial charge in [0, 0.05) is 12.5 Å². The maximum absolute atomic E-state index is 11.9. The van der Waals surface area contributed by atoms with Gasteiger partial charge in [0.15, 0.2) is 5.69 Å². The summed E-state index contributed by atoms with van der Waals surface area (Å²) in [5.41, 5.74) is 1.43. The van der Waals surface area contributed by atoms with E-state index in [0.717, 1.165) is 32.2 Å². The third-order valence-electron chi connectivity index (χ3n) is 3.97. The molecule has 2 aromatic rings. The van der Waals surface area contributed by atoms with Crippen molar-refractivity contribution in [1.29, 1.82) is 0 Å². The quantitative estimate of drug-likeness (QED) is 0.610. The van der Waals surface area contributed by atoms with E-state index in [9.17, 15) is 4.79 Å². The van der Waals surface area contributed by atoms with Crippen LogP contribution >= 0.6 is 11.6 Å². The van der Waals surface area contributed by atoms with Gasteiger partial charge >= 0.3 is 5.97 Å². The van der Waals surface area contributed by atoms with Crippen LogP contribution in [0.15, 0.2) is 30.3 Å². The van der Waals surface area contributed by atoms with Gasteiger partial charge in [0.05, 0.1) is 7.11 Å². The van der Waals surface area contributed by atoms with Gasteiger partial charge in [0.25, 0.3) is 0 Å². The molecule has 1 N–H and O–H groups in total. The molecule has 0 radical (unpaired) electrons. The fourth-order valence-electron chi connectivity index (χ4n) is 2.48. The van der Waals surface area contributed by atoms with Crippen LogP contribution < -0.4 is 5.32 Å². The normalized spacial score (nSPS) is 13.6. The van der Waals surface area contributed by atoms with E-state index in [-0.39, 0.29) is 10.7 Å². The smallest absolute Gasteiger partial charge is 0.358 e.